The quantitative estimate of drug-likeness (QED) is 0.409. The Labute approximate surface area is 180 Å². The van der Waals surface area contributed by atoms with Crippen molar-refractivity contribution in [2.45, 2.75) is 0 Å². The summed E-state index contributed by atoms with van der Waals surface area (Å²) in [5.41, 5.74) is 1.35. The Bertz CT molecular complexity index is 1460. The van der Waals surface area contributed by atoms with Crippen LogP contribution in [0.4, 0.5) is 0 Å². The van der Waals surface area contributed by atoms with Crippen LogP contribution >= 0.6 is 22.9 Å². The molecule has 3 aromatic carbocycles. The van der Waals surface area contributed by atoms with Gasteiger partial charge in [-0.1, -0.05) is 65.4 Å². The summed E-state index contributed by atoms with van der Waals surface area (Å²) in [7, 11) is 0. The first-order chi connectivity index (χ1) is 14.7. The van der Waals surface area contributed by atoms with Crippen LogP contribution in [0.15, 0.2) is 83.7 Å². The first-order valence-electron chi connectivity index (χ1n) is 9.16. The minimum Gasteiger partial charge on any atom is -0.457 e. The lowest BCUT2D eigenvalue weighted by molar-refractivity contribution is 0.482. The van der Waals surface area contributed by atoms with Gasteiger partial charge in [-0.3, -0.25) is 4.79 Å². The van der Waals surface area contributed by atoms with Crippen molar-refractivity contribution in [2.24, 2.45) is 0 Å². The molecule has 146 valence electrons. The molecule has 30 heavy (non-hydrogen) atoms. The van der Waals surface area contributed by atoms with Crippen molar-refractivity contribution in [1.82, 2.24) is 14.6 Å². The second-order valence-electron chi connectivity index (χ2n) is 6.52. The van der Waals surface area contributed by atoms with Gasteiger partial charge in [0, 0.05) is 5.56 Å². The van der Waals surface area contributed by atoms with Gasteiger partial charge in [-0.05, 0) is 48.0 Å². The van der Waals surface area contributed by atoms with E-state index in [4.69, 9.17) is 16.3 Å². The number of aromatic nitrogens is 3. The van der Waals surface area contributed by atoms with Crippen molar-refractivity contribution in [1.29, 1.82) is 0 Å². The van der Waals surface area contributed by atoms with Gasteiger partial charge in [0.05, 0.1) is 9.55 Å². The molecule has 0 saturated heterocycles. The first kappa shape index (κ1) is 18.5. The lowest BCUT2D eigenvalue weighted by atomic mass is 10.2. The molecule has 2 heterocycles. The first-order valence-corrected chi connectivity index (χ1v) is 10.4. The maximum absolute atomic E-state index is 13.1. The molecule has 0 unspecified atom stereocenters. The number of thiazole rings is 1. The van der Waals surface area contributed by atoms with Gasteiger partial charge >= 0.3 is 0 Å². The molecule has 0 aliphatic heterocycles. The van der Waals surface area contributed by atoms with Gasteiger partial charge in [0.25, 0.3) is 5.56 Å². The number of benzene rings is 3. The van der Waals surface area contributed by atoms with Gasteiger partial charge in [0.1, 0.15) is 11.5 Å². The molecular formula is C23H14ClN3O2S. The molecule has 0 aliphatic carbocycles. The Hall–Kier alpha value is -3.48. The van der Waals surface area contributed by atoms with E-state index in [1.807, 2.05) is 78.9 Å². The minimum absolute atomic E-state index is 0.177. The fourth-order valence-corrected chi connectivity index (χ4v) is 4.26. The van der Waals surface area contributed by atoms with Crippen LogP contribution in [0.25, 0.3) is 22.4 Å². The number of nitrogens with zero attached hydrogens (tertiary/aromatic N) is 3. The highest BCUT2D eigenvalue weighted by Gasteiger charge is 2.16. The van der Waals surface area contributed by atoms with Crippen LogP contribution in [0.3, 0.4) is 0 Å². The van der Waals surface area contributed by atoms with Gasteiger partial charge in [0.15, 0.2) is 5.82 Å². The fourth-order valence-electron chi connectivity index (χ4n) is 3.12. The van der Waals surface area contributed by atoms with E-state index in [1.54, 1.807) is 6.07 Å². The van der Waals surface area contributed by atoms with Crippen LogP contribution in [-0.2, 0) is 0 Å². The molecule has 0 radical (unpaired) electrons. The van der Waals surface area contributed by atoms with Crippen molar-refractivity contribution >= 4 is 34.0 Å². The van der Waals surface area contributed by atoms with Crippen molar-refractivity contribution in [3.05, 3.63) is 104 Å². The molecule has 0 amide bonds. The van der Waals surface area contributed by atoms with E-state index in [1.165, 1.54) is 15.7 Å². The van der Waals surface area contributed by atoms with E-state index in [0.717, 1.165) is 11.3 Å². The summed E-state index contributed by atoms with van der Waals surface area (Å²) in [6, 6.07) is 24.4. The van der Waals surface area contributed by atoms with Crippen LogP contribution in [0.5, 0.6) is 11.5 Å². The predicted octanol–water partition coefficient (Wildman–Crippen LogP) is 4.81. The standard InChI is InChI=1S/C23H14ClN3O2S/c24-19-12-5-4-11-18(19)21-25-26-23-27(21)22(28)20(30-23)14-15-7-6-10-17(13-15)29-16-8-2-1-3-9-16/h1-14H/b20-14-. The van der Waals surface area contributed by atoms with Crippen molar-refractivity contribution in [2.75, 3.05) is 0 Å². The number of hydrogen-bond acceptors (Lipinski definition) is 5. The molecule has 0 bridgehead atoms. The van der Waals surface area contributed by atoms with E-state index in [2.05, 4.69) is 10.2 Å². The molecule has 5 rings (SSSR count). The van der Waals surface area contributed by atoms with Gasteiger partial charge < -0.3 is 4.74 Å². The van der Waals surface area contributed by atoms with Crippen molar-refractivity contribution < 1.29 is 4.74 Å². The number of fused-ring (bicyclic) bond motifs is 1. The van der Waals surface area contributed by atoms with Gasteiger partial charge in [-0.25, -0.2) is 4.40 Å². The van der Waals surface area contributed by atoms with Gasteiger partial charge in [0.2, 0.25) is 4.96 Å². The predicted molar refractivity (Wildman–Crippen MR) is 119 cm³/mol. The summed E-state index contributed by atoms with van der Waals surface area (Å²) < 4.78 is 7.95. The van der Waals surface area contributed by atoms with Gasteiger partial charge in [-0.15, -0.1) is 10.2 Å². The fraction of sp³-hybridized carbons (Fsp3) is 0. The van der Waals surface area contributed by atoms with Crippen molar-refractivity contribution in [3.63, 3.8) is 0 Å². The number of halogens is 1. The van der Waals surface area contributed by atoms with E-state index in [0.29, 0.717) is 31.7 Å². The smallest absolute Gasteiger partial charge is 0.276 e. The van der Waals surface area contributed by atoms with Gasteiger partial charge in [-0.2, -0.15) is 0 Å². The molecule has 0 aliphatic rings. The molecule has 2 aromatic heterocycles. The van der Waals surface area contributed by atoms with Crippen LogP contribution in [0.2, 0.25) is 5.02 Å². The van der Waals surface area contributed by atoms with E-state index >= 15 is 0 Å². The molecular weight excluding hydrogens is 418 g/mol. The third-order valence-corrected chi connectivity index (χ3v) is 5.79. The molecule has 0 spiro atoms. The highest BCUT2D eigenvalue weighted by Crippen LogP contribution is 2.26. The summed E-state index contributed by atoms with van der Waals surface area (Å²) in [5, 5.41) is 8.84. The van der Waals surface area contributed by atoms with Crippen molar-refractivity contribution in [3.8, 4) is 22.9 Å². The summed E-state index contributed by atoms with van der Waals surface area (Å²) in [4.78, 5) is 13.6. The number of ether oxygens (including phenoxy) is 1. The molecule has 0 atom stereocenters. The summed E-state index contributed by atoms with van der Waals surface area (Å²) in [5.74, 6) is 1.89. The Morgan fingerprint density at radius 1 is 0.900 bits per heavy atom. The lowest BCUT2D eigenvalue weighted by Crippen LogP contribution is -2.23. The van der Waals surface area contributed by atoms with Crippen LogP contribution in [0.1, 0.15) is 5.56 Å². The Morgan fingerprint density at radius 2 is 1.67 bits per heavy atom. The average Bonchev–Trinajstić information content (AvgIpc) is 3.30. The molecule has 0 saturated carbocycles. The molecule has 5 aromatic rings. The molecule has 0 N–H and O–H groups in total. The molecule has 7 heteroatoms. The van der Waals surface area contributed by atoms with Crippen LogP contribution in [0, 0.1) is 0 Å². The summed E-state index contributed by atoms with van der Waals surface area (Å²) in [6.07, 6.45) is 1.83. The normalized spacial score (nSPS) is 11.8. The SMILES string of the molecule is O=c1/c(=C/c2cccc(Oc3ccccc3)c2)sc2nnc(-c3ccccc3Cl)n12. The Balaban J connectivity index is 1.56. The maximum Gasteiger partial charge on any atom is 0.276 e. The van der Waals surface area contributed by atoms with E-state index in [-0.39, 0.29) is 5.56 Å². The zero-order chi connectivity index (χ0) is 20.5. The topological polar surface area (TPSA) is 56.5 Å². The lowest BCUT2D eigenvalue weighted by Gasteiger charge is -2.05. The maximum atomic E-state index is 13.1. The number of hydrogen-bond donors (Lipinski definition) is 0. The third-order valence-electron chi connectivity index (χ3n) is 4.50. The Morgan fingerprint density at radius 3 is 2.50 bits per heavy atom. The number of para-hydroxylation sites is 1. The molecule has 0 fully saturated rings. The average molecular weight is 432 g/mol. The highest BCUT2D eigenvalue weighted by atomic mass is 35.5. The monoisotopic (exact) mass is 431 g/mol. The largest absolute Gasteiger partial charge is 0.457 e. The highest BCUT2D eigenvalue weighted by molar-refractivity contribution is 7.15. The minimum atomic E-state index is -0.177. The zero-order valence-corrected chi connectivity index (χ0v) is 17.1. The van der Waals surface area contributed by atoms with E-state index < -0.39 is 0 Å². The molecule has 5 nitrogen and oxygen atoms in total. The summed E-state index contributed by atoms with van der Waals surface area (Å²) in [6.45, 7) is 0. The number of rotatable bonds is 4. The van der Waals surface area contributed by atoms with Crippen LogP contribution < -0.4 is 14.8 Å². The zero-order valence-electron chi connectivity index (χ0n) is 15.5. The second-order valence-corrected chi connectivity index (χ2v) is 7.94. The van der Waals surface area contributed by atoms with Crippen LogP contribution in [-0.4, -0.2) is 14.6 Å². The van der Waals surface area contributed by atoms with E-state index in [9.17, 15) is 4.79 Å². The third kappa shape index (κ3) is 3.47. The summed E-state index contributed by atoms with van der Waals surface area (Å²) >= 11 is 7.57. The Kier molecular flexibility index (Phi) is 4.78. The second kappa shape index (κ2) is 7.74.